The number of rotatable bonds is 6. The van der Waals surface area contributed by atoms with Gasteiger partial charge in [-0.25, -0.2) is 4.79 Å². The summed E-state index contributed by atoms with van der Waals surface area (Å²) in [5, 5.41) is 5.96. The highest BCUT2D eigenvalue weighted by molar-refractivity contribution is 6.31. The number of ether oxygens (including phenoxy) is 2. The molecule has 2 rings (SSSR count). The van der Waals surface area contributed by atoms with Crippen molar-refractivity contribution < 1.29 is 33.4 Å². The third-order valence-electron chi connectivity index (χ3n) is 6.47. The van der Waals surface area contributed by atoms with Gasteiger partial charge in [0.1, 0.15) is 18.4 Å². The van der Waals surface area contributed by atoms with E-state index in [4.69, 9.17) is 21.1 Å². The van der Waals surface area contributed by atoms with Crippen molar-refractivity contribution in [2.75, 3.05) is 6.54 Å². The molecule has 1 aromatic rings. The van der Waals surface area contributed by atoms with Gasteiger partial charge in [0.05, 0.1) is 5.41 Å². The average molecular weight is 563 g/mol. The van der Waals surface area contributed by atoms with Crippen LogP contribution in [0.4, 0.5) is 0 Å². The molecule has 10 heteroatoms. The molecule has 0 aliphatic carbocycles. The van der Waals surface area contributed by atoms with Gasteiger partial charge in [-0.15, -0.1) is 0 Å². The maximum Gasteiger partial charge on any atom is 0.347 e. The first-order valence-corrected chi connectivity index (χ1v) is 13.5. The molecule has 214 valence electrons. The zero-order valence-corrected chi connectivity index (χ0v) is 24.2. The topological polar surface area (TPSA) is 128 Å². The van der Waals surface area contributed by atoms with Crippen molar-refractivity contribution in [1.82, 2.24) is 10.6 Å². The van der Waals surface area contributed by atoms with E-state index in [2.05, 4.69) is 10.6 Å². The van der Waals surface area contributed by atoms with Gasteiger partial charge in [-0.1, -0.05) is 50.6 Å². The molecule has 9 nitrogen and oxygen atoms in total. The lowest BCUT2D eigenvalue weighted by molar-refractivity contribution is -0.179. The van der Waals surface area contributed by atoms with E-state index in [-0.39, 0.29) is 31.7 Å². The second-order valence-corrected chi connectivity index (χ2v) is 11.5. The molecular weight excluding hydrogens is 524 g/mol. The van der Waals surface area contributed by atoms with Gasteiger partial charge in [-0.3, -0.25) is 14.4 Å². The van der Waals surface area contributed by atoms with Gasteiger partial charge in [0.25, 0.3) is 0 Å². The molecule has 0 spiro atoms. The zero-order chi connectivity index (χ0) is 29.3. The van der Waals surface area contributed by atoms with Crippen molar-refractivity contribution in [3.63, 3.8) is 0 Å². The number of benzene rings is 1. The van der Waals surface area contributed by atoms with Crippen LogP contribution in [0.2, 0.25) is 5.02 Å². The van der Waals surface area contributed by atoms with Crippen molar-refractivity contribution in [1.29, 1.82) is 0 Å². The third-order valence-corrected chi connectivity index (χ3v) is 6.88. The summed E-state index contributed by atoms with van der Waals surface area (Å²) < 4.78 is 11.2. The molecule has 39 heavy (non-hydrogen) atoms. The molecular formula is C29H39ClN2O7. The quantitative estimate of drug-likeness (QED) is 0.401. The Kier molecular flexibility index (Phi) is 11.7. The first-order valence-electron chi connectivity index (χ1n) is 13.1. The van der Waals surface area contributed by atoms with Gasteiger partial charge < -0.3 is 24.9 Å². The predicted octanol–water partition coefficient (Wildman–Crippen LogP) is 3.48. The fourth-order valence-corrected chi connectivity index (χ4v) is 4.04. The number of hydrogen-bond acceptors (Lipinski definition) is 7. The molecule has 0 bridgehead atoms. The highest BCUT2D eigenvalue weighted by atomic mass is 35.5. The molecule has 0 aromatic heterocycles. The largest absolute Gasteiger partial charge is 0.459 e. The molecule has 0 saturated heterocycles. The van der Waals surface area contributed by atoms with Crippen LogP contribution in [-0.2, 0) is 39.9 Å². The second kappa shape index (κ2) is 14.3. The first kappa shape index (κ1) is 32.0. The van der Waals surface area contributed by atoms with E-state index < -0.39 is 53.3 Å². The van der Waals surface area contributed by atoms with E-state index in [0.29, 0.717) is 11.3 Å². The summed E-state index contributed by atoms with van der Waals surface area (Å²) in [5.74, 6) is -3.16. The number of amides is 2. The summed E-state index contributed by atoms with van der Waals surface area (Å²) in [7, 11) is 0. The fraction of sp³-hybridized carbons (Fsp3) is 0.552. The number of esters is 2. The Bertz CT molecular complexity index is 1100. The smallest absolute Gasteiger partial charge is 0.347 e. The average Bonchev–Trinajstić information content (AvgIpc) is 2.86. The van der Waals surface area contributed by atoms with Crippen molar-refractivity contribution >= 4 is 41.6 Å². The van der Waals surface area contributed by atoms with Crippen LogP contribution in [0.3, 0.4) is 0 Å². The Balaban J connectivity index is 2.40. The molecule has 0 radical (unpaired) electrons. The van der Waals surface area contributed by atoms with Crippen LogP contribution in [0, 0.1) is 24.2 Å². The molecule has 1 aliphatic heterocycles. The number of carbonyl (C=O) groups is 5. The van der Waals surface area contributed by atoms with E-state index >= 15 is 0 Å². The van der Waals surface area contributed by atoms with Crippen LogP contribution < -0.4 is 10.6 Å². The van der Waals surface area contributed by atoms with Gasteiger partial charge >= 0.3 is 11.9 Å². The van der Waals surface area contributed by atoms with E-state index in [1.807, 2.05) is 32.9 Å². The number of aryl methyl sites for hydroxylation is 1. The summed E-state index contributed by atoms with van der Waals surface area (Å²) in [6.45, 7) is 10.3. The highest BCUT2D eigenvalue weighted by Gasteiger charge is 2.37. The number of hydrogen-bond donors (Lipinski definition) is 2. The molecule has 1 aliphatic rings. The minimum Gasteiger partial charge on any atom is -0.459 e. The molecule has 1 heterocycles. The number of cyclic esters (lactones) is 2. The summed E-state index contributed by atoms with van der Waals surface area (Å²) in [6.07, 6.45) is 1.76. The predicted molar refractivity (Wildman–Crippen MR) is 147 cm³/mol. The van der Waals surface area contributed by atoms with Crippen LogP contribution in [0.1, 0.15) is 58.6 Å². The maximum atomic E-state index is 13.2. The van der Waals surface area contributed by atoms with Crippen molar-refractivity contribution in [2.45, 2.75) is 79.1 Å². The third kappa shape index (κ3) is 9.80. The Hall–Kier alpha value is -3.20. The summed E-state index contributed by atoms with van der Waals surface area (Å²) in [5.41, 5.74) is 0.427. The molecule has 1 aromatic carbocycles. The Morgan fingerprint density at radius 3 is 2.44 bits per heavy atom. The number of nitrogens with one attached hydrogen (secondary N) is 2. The number of carbonyl (C=O) groups excluding carboxylic acids is 5. The Morgan fingerprint density at radius 2 is 1.82 bits per heavy atom. The minimum absolute atomic E-state index is 0.00494. The molecule has 4 unspecified atom stereocenters. The standard InChI is InChI=1S/C29H39ClN2O7/c1-17(2)12-24-27(36)38-23(19(4)15-33)8-7-9-25(34)32-22(14-20-11-10-18(3)21(30)13-20)26(35)31-16-29(5,6)28(37)39-24/h7,9-11,13,15,17,19,22-24H,8,12,14,16H2,1-6H3,(H,31,35)(H,32,34)/b9-7+. The van der Waals surface area contributed by atoms with Gasteiger partial charge in [-0.05, 0) is 56.4 Å². The van der Waals surface area contributed by atoms with Gasteiger partial charge in [0.15, 0.2) is 6.10 Å². The first-order chi connectivity index (χ1) is 18.2. The van der Waals surface area contributed by atoms with E-state index in [1.54, 1.807) is 26.8 Å². The van der Waals surface area contributed by atoms with Crippen LogP contribution in [0.25, 0.3) is 0 Å². The van der Waals surface area contributed by atoms with E-state index in [9.17, 15) is 24.0 Å². The van der Waals surface area contributed by atoms with Gasteiger partial charge in [0, 0.05) is 30.3 Å². The van der Waals surface area contributed by atoms with Crippen molar-refractivity contribution in [3.8, 4) is 0 Å². The van der Waals surface area contributed by atoms with Crippen molar-refractivity contribution in [2.24, 2.45) is 17.3 Å². The lowest BCUT2D eigenvalue weighted by atomic mass is 9.93. The summed E-state index contributed by atoms with van der Waals surface area (Å²) >= 11 is 6.25. The van der Waals surface area contributed by atoms with Crippen LogP contribution in [-0.4, -0.2) is 54.8 Å². The lowest BCUT2D eigenvalue weighted by Gasteiger charge is -2.29. The van der Waals surface area contributed by atoms with Gasteiger partial charge in [-0.2, -0.15) is 0 Å². The molecule has 0 fully saturated rings. The normalized spacial score (nSPS) is 24.7. The lowest BCUT2D eigenvalue weighted by Crippen LogP contribution is -2.51. The monoisotopic (exact) mass is 562 g/mol. The van der Waals surface area contributed by atoms with E-state index in [0.717, 1.165) is 11.1 Å². The van der Waals surface area contributed by atoms with Crippen molar-refractivity contribution in [3.05, 3.63) is 46.5 Å². The van der Waals surface area contributed by atoms with Crippen LogP contribution >= 0.6 is 11.6 Å². The maximum absolute atomic E-state index is 13.2. The minimum atomic E-state index is -1.20. The van der Waals surface area contributed by atoms with Gasteiger partial charge in [0.2, 0.25) is 11.8 Å². The highest BCUT2D eigenvalue weighted by Crippen LogP contribution is 2.23. The number of aldehydes is 1. The Morgan fingerprint density at radius 1 is 1.13 bits per heavy atom. The molecule has 0 saturated carbocycles. The number of halogens is 1. The molecule has 2 amide bonds. The van der Waals surface area contributed by atoms with Crippen LogP contribution in [0.15, 0.2) is 30.4 Å². The van der Waals surface area contributed by atoms with E-state index in [1.165, 1.54) is 12.2 Å². The molecule has 2 N–H and O–H groups in total. The second-order valence-electron chi connectivity index (χ2n) is 11.1. The zero-order valence-electron chi connectivity index (χ0n) is 23.4. The molecule has 4 atom stereocenters. The summed E-state index contributed by atoms with van der Waals surface area (Å²) in [6, 6.07) is 4.43. The Labute approximate surface area is 235 Å². The summed E-state index contributed by atoms with van der Waals surface area (Å²) in [4.78, 5) is 63.6. The SMILES string of the molecule is Cc1ccc(CC2NC(=O)/C=C/CC(C(C)C=O)OC(=O)C(CC(C)C)OC(=O)C(C)(C)CNC2=O)cc1Cl. The van der Waals surface area contributed by atoms with Crippen LogP contribution in [0.5, 0.6) is 0 Å². The fourth-order valence-electron chi connectivity index (χ4n) is 3.83.